The molecule has 0 saturated carbocycles. The predicted octanol–water partition coefficient (Wildman–Crippen LogP) is 5.39. The number of anilines is 1. The summed E-state index contributed by atoms with van der Waals surface area (Å²) in [4.78, 5) is 19.5. The lowest BCUT2D eigenvalue weighted by Gasteiger charge is -2.20. The van der Waals surface area contributed by atoms with Crippen molar-refractivity contribution in [3.05, 3.63) is 89.7 Å². The maximum Gasteiger partial charge on any atom is 0.233 e. The monoisotopic (exact) mass is 482 g/mol. The number of rotatable bonds is 7. The first kappa shape index (κ1) is 23.1. The zero-order valence-electron chi connectivity index (χ0n) is 18.2. The standard InChI is InChI=1S/C25H23FN2O3S2/c1-17(2)33(30,31)20-13-11-18(12-14-20)15-23(29)28(16-19-7-4-3-5-8-19)25-27-24-21(26)9-6-10-22(24)32-25/h3-14,17H,15-16H2,1-2H3. The average Bonchev–Trinajstić information content (AvgIpc) is 3.24. The molecule has 1 aromatic heterocycles. The maximum absolute atomic E-state index is 14.2. The molecule has 170 valence electrons. The summed E-state index contributed by atoms with van der Waals surface area (Å²) in [5.74, 6) is -0.637. The molecule has 0 unspecified atom stereocenters. The van der Waals surface area contributed by atoms with E-state index in [1.165, 1.54) is 29.5 Å². The first-order chi connectivity index (χ1) is 15.8. The molecule has 0 saturated heterocycles. The van der Waals surface area contributed by atoms with Crippen molar-refractivity contribution in [3.8, 4) is 0 Å². The van der Waals surface area contributed by atoms with Crippen molar-refractivity contribution in [3.63, 3.8) is 0 Å². The molecule has 0 fully saturated rings. The van der Waals surface area contributed by atoms with Crippen LogP contribution in [0.25, 0.3) is 10.2 Å². The second kappa shape index (κ2) is 9.41. The van der Waals surface area contributed by atoms with Crippen LogP contribution < -0.4 is 4.90 Å². The highest BCUT2D eigenvalue weighted by atomic mass is 32.2. The lowest BCUT2D eigenvalue weighted by Crippen LogP contribution is -2.31. The Morgan fingerprint density at radius 2 is 1.67 bits per heavy atom. The Morgan fingerprint density at radius 3 is 2.30 bits per heavy atom. The zero-order valence-corrected chi connectivity index (χ0v) is 19.9. The topological polar surface area (TPSA) is 67.3 Å². The Kier molecular flexibility index (Phi) is 6.58. The summed E-state index contributed by atoms with van der Waals surface area (Å²) in [6.45, 7) is 3.56. The molecular weight excluding hydrogens is 459 g/mol. The summed E-state index contributed by atoms with van der Waals surface area (Å²) in [6.07, 6.45) is 0.0627. The number of sulfone groups is 1. The van der Waals surface area contributed by atoms with E-state index in [4.69, 9.17) is 0 Å². The van der Waals surface area contributed by atoms with Gasteiger partial charge in [0.05, 0.1) is 27.8 Å². The molecule has 0 bridgehead atoms. The van der Waals surface area contributed by atoms with E-state index < -0.39 is 20.9 Å². The molecule has 1 amide bonds. The van der Waals surface area contributed by atoms with Crippen LogP contribution in [0.15, 0.2) is 77.7 Å². The predicted molar refractivity (Wildman–Crippen MR) is 130 cm³/mol. The Labute approximate surface area is 196 Å². The zero-order chi connectivity index (χ0) is 23.6. The van der Waals surface area contributed by atoms with Crippen molar-refractivity contribution < 1.29 is 17.6 Å². The number of fused-ring (bicyclic) bond motifs is 1. The van der Waals surface area contributed by atoms with Crippen LogP contribution in [0, 0.1) is 5.82 Å². The molecule has 5 nitrogen and oxygen atoms in total. The molecule has 8 heteroatoms. The number of carbonyl (C=O) groups is 1. The molecule has 1 heterocycles. The summed E-state index contributed by atoms with van der Waals surface area (Å²) < 4.78 is 39.6. The number of hydrogen-bond donors (Lipinski definition) is 0. The Bertz CT molecular complexity index is 1380. The summed E-state index contributed by atoms with van der Waals surface area (Å²) >= 11 is 1.26. The van der Waals surface area contributed by atoms with Gasteiger partial charge < -0.3 is 0 Å². The molecule has 4 rings (SSSR count). The number of aromatic nitrogens is 1. The SMILES string of the molecule is CC(C)S(=O)(=O)c1ccc(CC(=O)N(Cc2ccccc2)c2nc3c(F)cccc3s2)cc1. The molecule has 33 heavy (non-hydrogen) atoms. The molecule has 0 atom stereocenters. The number of hydrogen-bond acceptors (Lipinski definition) is 5. The van der Waals surface area contributed by atoms with Crippen LogP contribution in [0.2, 0.25) is 0 Å². The second-order valence-electron chi connectivity index (χ2n) is 7.96. The smallest absolute Gasteiger partial charge is 0.233 e. The molecule has 0 aliphatic rings. The summed E-state index contributed by atoms with van der Waals surface area (Å²) in [7, 11) is -3.38. The number of carbonyl (C=O) groups excluding carboxylic acids is 1. The van der Waals surface area contributed by atoms with Crippen LogP contribution in [-0.2, 0) is 27.6 Å². The molecule has 0 aliphatic carbocycles. The first-order valence-electron chi connectivity index (χ1n) is 10.5. The van der Waals surface area contributed by atoms with Gasteiger partial charge >= 0.3 is 0 Å². The fraction of sp³-hybridized carbons (Fsp3) is 0.200. The average molecular weight is 483 g/mol. The molecule has 0 spiro atoms. The lowest BCUT2D eigenvalue weighted by atomic mass is 10.1. The third-order valence-corrected chi connectivity index (χ3v) is 8.52. The van der Waals surface area contributed by atoms with E-state index in [2.05, 4.69) is 4.98 Å². The Balaban J connectivity index is 1.64. The van der Waals surface area contributed by atoms with Crippen LogP contribution >= 0.6 is 11.3 Å². The van der Waals surface area contributed by atoms with Crippen molar-refractivity contribution >= 4 is 42.4 Å². The highest BCUT2D eigenvalue weighted by Crippen LogP contribution is 2.31. The van der Waals surface area contributed by atoms with Gasteiger partial charge in [0.2, 0.25) is 5.91 Å². The van der Waals surface area contributed by atoms with E-state index in [-0.39, 0.29) is 22.7 Å². The third kappa shape index (κ3) is 4.96. The molecule has 3 aromatic carbocycles. The van der Waals surface area contributed by atoms with Gasteiger partial charge in [-0.1, -0.05) is 59.9 Å². The fourth-order valence-corrected chi connectivity index (χ4v) is 5.44. The van der Waals surface area contributed by atoms with Gasteiger partial charge in [-0.15, -0.1) is 0 Å². The van der Waals surface area contributed by atoms with Crippen molar-refractivity contribution in [2.45, 2.75) is 37.0 Å². The van der Waals surface area contributed by atoms with Crippen LogP contribution in [0.3, 0.4) is 0 Å². The fourth-order valence-electron chi connectivity index (χ4n) is 3.39. The molecule has 4 aromatic rings. The Morgan fingerprint density at radius 1 is 0.970 bits per heavy atom. The van der Waals surface area contributed by atoms with E-state index in [0.29, 0.717) is 21.9 Å². The van der Waals surface area contributed by atoms with Gasteiger partial charge in [0.15, 0.2) is 15.0 Å². The minimum atomic E-state index is -3.38. The number of benzene rings is 3. The van der Waals surface area contributed by atoms with E-state index in [0.717, 1.165) is 5.56 Å². The van der Waals surface area contributed by atoms with Crippen molar-refractivity contribution in [2.75, 3.05) is 4.90 Å². The van der Waals surface area contributed by atoms with Gasteiger partial charge in [0.25, 0.3) is 0 Å². The van der Waals surface area contributed by atoms with E-state index in [1.54, 1.807) is 43.0 Å². The lowest BCUT2D eigenvalue weighted by molar-refractivity contribution is -0.118. The normalized spacial score (nSPS) is 11.8. The van der Waals surface area contributed by atoms with E-state index in [9.17, 15) is 17.6 Å². The second-order valence-corrected chi connectivity index (χ2v) is 11.5. The van der Waals surface area contributed by atoms with Gasteiger partial charge in [-0.05, 0) is 49.2 Å². The molecular formula is C25H23FN2O3S2. The number of nitrogens with zero attached hydrogens (tertiary/aromatic N) is 2. The van der Waals surface area contributed by atoms with E-state index >= 15 is 0 Å². The van der Waals surface area contributed by atoms with Crippen molar-refractivity contribution in [1.29, 1.82) is 0 Å². The Hall–Kier alpha value is -3.10. The van der Waals surface area contributed by atoms with Gasteiger partial charge in [0.1, 0.15) is 11.3 Å². The van der Waals surface area contributed by atoms with Gasteiger partial charge in [-0.25, -0.2) is 17.8 Å². The highest BCUT2D eigenvalue weighted by Gasteiger charge is 2.23. The largest absolute Gasteiger partial charge is 0.283 e. The number of para-hydroxylation sites is 1. The minimum Gasteiger partial charge on any atom is -0.283 e. The number of thiazole rings is 1. The first-order valence-corrected chi connectivity index (χ1v) is 12.8. The molecule has 0 aliphatic heterocycles. The summed E-state index contributed by atoms with van der Waals surface area (Å²) in [5, 5.41) is -0.103. The van der Waals surface area contributed by atoms with Crippen LogP contribution in [0.4, 0.5) is 9.52 Å². The van der Waals surface area contributed by atoms with Gasteiger partial charge in [0, 0.05) is 0 Å². The minimum absolute atomic E-state index is 0.0627. The van der Waals surface area contributed by atoms with E-state index in [1.807, 2.05) is 30.3 Å². The number of halogens is 1. The van der Waals surface area contributed by atoms with Crippen LogP contribution in [0.1, 0.15) is 25.0 Å². The quantitative estimate of drug-likeness (QED) is 0.354. The van der Waals surface area contributed by atoms with Crippen molar-refractivity contribution in [2.24, 2.45) is 0 Å². The van der Waals surface area contributed by atoms with Gasteiger partial charge in [-0.2, -0.15) is 0 Å². The number of amides is 1. The molecule has 0 N–H and O–H groups in total. The van der Waals surface area contributed by atoms with Crippen LogP contribution in [0.5, 0.6) is 0 Å². The van der Waals surface area contributed by atoms with Crippen LogP contribution in [-0.4, -0.2) is 24.6 Å². The summed E-state index contributed by atoms with van der Waals surface area (Å²) in [6, 6.07) is 20.6. The summed E-state index contributed by atoms with van der Waals surface area (Å²) in [5.41, 5.74) is 1.85. The maximum atomic E-state index is 14.2. The van der Waals surface area contributed by atoms with Crippen molar-refractivity contribution in [1.82, 2.24) is 4.98 Å². The van der Waals surface area contributed by atoms with Gasteiger partial charge in [-0.3, -0.25) is 9.69 Å². The third-order valence-electron chi connectivity index (χ3n) is 5.30. The highest BCUT2D eigenvalue weighted by molar-refractivity contribution is 7.92. The molecule has 0 radical (unpaired) electrons.